The zero-order valence-electron chi connectivity index (χ0n) is 11.2. The van der Waals surface area contributed by atoms with E-state index in [2.05, 4.69) is 10.3 Å². The van der Waals surface area contributed by atoms with Crippen LogP contribution in [-0.4, -0.2) is 29.3 Å². The van der Waals surface area contributed by atoms with Gasteiger partial charge in [-0.1, -0.05) is 23.7 Å². The van der Waals surface area contributed by atoms with Gasteiger partial charge in [0.05, 0.1) is 15.7 Å². The van der Waals surface area contributed by atoms with E-state index in [1.165, 1.54) is 0 Å². The predicted molar refractivity (Wildman–Crippen MR) is 81.5 cm³/mol. The number of aliphatic hydroxyl groups excluding tert-OH is 1. The highest BCUT2D eigenvalue weighted by Crippen LogP contribution is 2.23. The summed E-state index contributed by atoms with van der Waals surface area (Å²) in [6.07, 6.45) is -0.592. The van der Waals surface area contributed by atoms with E-state index < -0.39 is 6.10 Å². The third-order valence-corrected chi connectivity index (χ3v) is 3.76. The van der Waals surface area contributed by atoms with Gasteiger partial charge in [-0.3, -0.25) is 0 Å². The highest BCUT2D eigenvalue weighted by atomic mass is 35.5. The third-order valence-electron chi connectivity index (χ3n) is 2.62. The lowest BCUT2D eigenvalue weighted by atomic mass is 10.3. The summed E-state index contributed by atoms with van der Waals surface area (Å²) in [5.74, 6) is 0.586. The highest BCUT2D eigenvalue weighted by molar-refractivity contribution is 7.09. The van der Waals surface area contributed by atoms with Crippen LogP contribution < -0.4 is 10.1 Å². The van der Waals surface area contributed by atoms with Crippen LogP contribution in [-0.2, 0) is 6.54 Å². The summed E-state index contributed by atoms with van der Waals surface area (Å²) in [5, 5.41) is 16.6. The summed E-state index contributed by atoms with van der Waals surface area (Å²) in [6, 6.07) is 7.21. The maximum atomic E-state index is 9.84. The summed E-state index contributed by atoms with van der Waals surface area (Å²) in [6.45, 7) is 3.27. The molecule has 0 aliphatic rings. The van der Waals surface area contributed by atoms with Crippen molar-refractivity contribution in [2.75, 3.05) is 13.2 Å². The molecule has 2 N–H and O–H groups in total. The van der Waals surface area contributed by atoms with Gasteiger partial charge < -0.3 is 15.2 Å². The summed E-state index contributed by atoms with van der Waals surface area (Å²) < 4.78 is 5.47. The fourth-order valence-corrected chi connectivity index (χ4v) is 2.47. The molecule has 20 heavy (non-hydrogen) atoms. The molecule has 0 bridgehead atoms. The Morgan fingerprint density at radius 2 is 2.25 bits per heavy atom. The molecule has 4 nitrogen and oxygen atoms in total. The molecule has 1 atom stereocenters. The molecule has 1 aromatic carbocycles. The van der Waals surface area contributed by atoms with Crippen molar-refractivity contribution in [2.24, 2.45) is 0 Å². The van der Waals surface area contributed by atoms with Crippen LogP contribution in [0.3, 0.4) is 0 Å². The lowest BCUT2D eigenvalue weighted by molar-refractivity contribution is 0.106. The Hall–Kier alpha value is -1.14. The number of aryl methyl sites for hydroxylation is 1. The molecule has 2 rings (SSSR count). The van der Waals surface area contributed by atoms with Gasteiger partial charge in [-0.2, -0.15) is 0 Å². The summed E-state index contributed by atoms with van der Waals surface area (Å²) >= 11 is 7.58. The van der Waals surface area contributed by atoms with Gasteiger partial charge >= 0.3 is 0 Å². The molecule has 1 unspecified atom stereocenters. The first-order chi connectivity index (χ1) is 9.65. The summed E-state index contributed by atoms with van der Waals surface area (Å²) in [5.41, 5.74) is 0.992. The van der Waals surface area contributed by atoms with Gasteiger partial charge in [-0.25, -0.2) is 4.98 Å². The second-order valence-corrected chi connectivity index (χ2v) is 5.85. The molecule has 0 amide bonds. The number of ether oxygens (including phenoxy) is 1. The fraction of sp³-hybridized carbons (Fsp3) is 0.357. The minimum Gasteiger partial charge on any atom is -0.489 e. The Morgan fingerprint density at radius 3 is 2.95 bits per heavy atom. The number of aromatic nitrogens is 1. The largest absolute Gasteiger partial charge is 0.489 e. The molecule has 0 spiro atoms. The van der Waals surface area contributed by atoms with E-state index in [9.17, 15) is 5.11 Å². The molecular weight excluding hydrogens is 296 g/mol. The van der Waals surface area contributed by atoms with Crippen LogP contribution in [0.4, 0.5) is 0 Å². The van der Waals surface area contributed by atoms with Gasteiger partial charge in [0.15, 0.2) is 0 Å². The van der Waals surface area contributed by atoms with Gasteiger partial charge in [0.25, 0.3) is 0 Å². The summed E-state index contributed by atoms with van der Waals surface area (Å²) in [7, 11) is 0. The van der Waals surface area contributed by atoms with Gasteiger partial charge in [-0.05, 0) is 19.1 Å². The Morgan fingerprint density at radius 1 is 1.45 bits per heavy atom. The van der Waals surface area contributed by atoms with E-state index in [0.717, 1.165) is 10.7 Å². The van der Waals surface area contributed by atoms with E-state index in [4.69, 9.17) is 16.3 Å². The highest BCUT2D eigenvalue weighted by Gasteiger charge is 2.07. The molecule has 6 heteroatoms. The van der Waals surface area contributed by atoms with Crippen molar-refractivity contribution >= 4 is 22.9 Å². The van der Waals surface area contributed by atoms with Crippen LogP contribution in [0.5, 0.6) is 5.75 Å². The van der Waals surface area contributed by atoms with Crippen molar-refractivity contribution in [1.82, 2.24) is 10.3 Å². The number of nitrogens with one attached hydrogen (secondary N) is 1. The standard InChI is InChI=1S/C14H17ClN2O2S/c1-10-17-11(9-20-10)6-16-7-12(18)8-19-14-5-3-2-4-13(14)15/h2-5,9,12,16,18H,6-8H2,1H3. The summed E-state index contributed by atoms with van der Waals surface area (Å²) in [4.78, 5) is 4.34. The molecule has 108 valence electrons. The van der Waals surface area contributed by atoms with Crippen molar-refractivity contribution in [3.05, 3.63) is 45.4 Å². The molecule has 1 heterocycles. The zero-order chi connectivity index (χ0) is 14.4. The molecule has 0 saturated carbocycles. The Balaban J connectivity index is 1.68. The maximum absolute atomic E-state index is 9.84. The first kappa shape index (κ1) is 15.3. The second kappa shape index (κ2) is 7.59. The van der Waals surface area contributed by atoms with Gasteiger partial charge in [0, 0.05) is 18.5 Å². The zero-order valence-corrected chi connectivity index (χ0v) is 12.7. The monoisotopic (exact) mass is 312 g/mol. The van der Waals surface area contributed by atoms with Crippen molar-refractivity contribution in [1.29, 1.82) is 0 Å². The number of para-hydroxylation sites is 1. The number of halogens is 1. The fourth-order valence-electron chi connectivity index (χ4n) is 1.66. The minimum absolute atomic E-state index is 0.201. The van der Waals surface area contributed by atoms with Crippen molar-refractivity contribution in [3.63, 3.8) is 0 Å². The van der Waals surface area contributed by atoms with Crippen LogP contribution in [0.2, 0.25) is 5.02 Å². The molecule has 0 radical (unpaired) electrons. The van der Waals surface area contributed by atoms with E-state index in [0.29, 0.717) is 23.9 Å². The lowest BCUT2D eigenvalue weighted by Crippen LogP contribution is -2.31. The number of hydrogen-bond donors (Lipinski definition) is 2. The topological polar surface area (TPSA) is 54.4 Å². The Bertz CT molecular complexity index is 547. The predicted octanol–water partition coefficient (Wildman–Crippen LogP) is 2.63. The number of hydrogen-bond acceptors (Lipinski definition) is 5. The quantitative estimate of drug-likeness (QED) is 0.825. The smallest absolute Gasteiger partial charge is 0.138 e. The van der Waals surface area contributed by atoms with Crippen molar-refractivity contribution in [2.45, 2.75) is 19.6 Å². The molecule has 0 saturated heterocycles. The van der Waals surface area contributed by atoms with E-state index in [-0.39, 0.29) is 6.61 Å². The number of benzene rings is 1. The minimum atomic E-state index is -0.592. The van der Waals surface area contributed by atoms with Gasteiger partial charge in [0.2, 0.25) is 0 Å². The molecule has 1 aromatic heterocycles. The second-order valence-electron chi connectivity index (χ2n) is 4.38. The van der Waals surface area contributed by atoms with Crippen LogP contribution in [0, 0.1) is 6.92 Å². The molecule has 0 fully saturated rings. The van der Waals surface area contributed by atoms with Crippen LogP contribution in [0.25, 0.3) is 0 Å². The average Bonchev–Trinajstić information content (AvgIpc) is 2.83. The third kappa shape index (κ3) is 4.76. The van der Waals surface area contributed by atoms with E-state index >= 15 is 0 Å². The van der Waals surface area contributed by atoms with Crippen LogP contribution in [0.15, 0.2) is 29.6 Å². The van der Waals surface area contributed by atoms with Gasteiger partial charge in [0.1, 0.15) is 18.5 Å². The van der Waals surface area contributed by atoms with Crippen LogP contribution >= 0.6 is 22.9 Å². The van der Waals surface area contributed by atoms with Crippen molar-refractivity contribution < 1.29 is 9.84 Å². The van der Waals surface area contributed by atoms with E-state index in [1.54, 1.807) is 23.5 Å². The normalized spacial score (nSPS) is 12.3. The average molecular weight is 313 g/mol. The van der Waals surface area contributed by atoms with E-state index in [1.807, 2.05) is 24.4 Å². The Labute approximate surface area is 127 Å². The molecular formula is C14H17ClN2O2S. The number of nitrogens with zero attached hydrogens (tertiary/aromatic N) is 1. The number of rotatable bonds is 7. The Kier molecular flexibility index (Phi) is 5.79. The molecule has 0 aliphatic heterocycles. The first-order valence-electron chi connectivity index (χ1n) is 6.32. The SMILES string of the molecule is Cc1nc(CNCC(O)COc2ccccc2Cl)cs1. The molecule has 0 aliphatic carbocycles. The number of thiazole rings is 1. The van der Waals surface area contributed by atoms with Crippen molar-refractivity contribution in [3.8, 4) is 5.75 Å². The number of aliphatic hydroxyl groups is 1. The lowest BCUT2D eigenvalue weighted by Gasteiger charge is -2.13. The van der Waals surface area contributed by atoms with Crippen LogP contribution in [0.1, 0.15) is 10.7 Å². The first-order valence-corrected chi connectivity index (χ1v) is 7.58. The van der Waals surface area contributed by atoms with Gasteiger partial charge in [-0.15, -0.1) is 11.3 Å². The molecule has 2 aromatic rings. The maximum Gasteiger partial charge on any atom is 0.138 e.